The first-order valence-electron chi connectivity index (χ1n) is 10.3. The number of nitrogens with one attached hydrogen (secondary N) is 3. The molecule has 0 spiro atoms. The quantitative estimate of drug-likeness (QED) is 0.220. The van der Waals surface area contributed by atoms with Gasteiger partial charge in [0.1, 0.15) is 5.82 Å². The third-order valence-electron chi connectivity index (χ3n) is 5.28. The molecular weight excluding hydrogens is 479 g/mol. The van der Waals surface area contributed by atoms with Crippen molar-refractivity contribution in [3.05, 3.63) is 30.1 Å². The molecule has 1 aromatic carbocycles. The van der Waals surface area contributed by atoms with Gasteiger partial charge >= 0.3 is 0 Å². The summed E-state index contributed by atoms with van der Waals surface area (Å²) in [6.07, 6.45) is 6.13. The molecule has 8 heteroatoms. The third kappa shape index (κ3) is 6.87. The van der Waals surface area contributed by atoms with Crippen molar-refractivity contribution in [2.24, 2.45) is 4.99 Å². The second-order valence-corrected chi connectivity index (χ2v) is 7.38. The SMILES string of the molecule is CN=C(NCCCn1c(C)nc2ccccc21)NCCC(=O)NC1CCCC1.I. The van der Waals surface area contributed by atoms with Crippen LogP contribution < -0.4 is 16.0 Å². The van der Waals surface area contributed by atoms with Gasteiger partial charge in [0.15, 0.2) is 5.96 Å². The lowest BCUT2D eigenvalue weighted by Crippen LogP contribution is -2.40. The highest BCUT2D eigenvalue weighted by Gasteiger charge is 2.16. The highest BCUT2D eigenvalue weighted by atomic mass is 127. The first-order chi connectivity index (χ1) is 13.7. The Kier molecular flexibility index (Phi) is 9.69. The molecule has 1 saturated carbocycles. The Morgan fingerprint density at radius 1 is 1.21 bits per heavy atom. The first-order valence-corrected chi connectivity index (χ1v) is 10.3. The zero-order valence-electron chi connectivity index (χ0n) is 17.4. The van der Waals surface area contributed by atoms with Gasteiger partial charge in [-0.05, 0) is 38.3 Å². The molecule has 0 radical (unpaired) electrons. The van der Waals surface area contributed by atoms with Crippen LogP contribution in [0.5, 0.6) is 0 Å². The van der Waals surface area contributed by atoms with Gasteiger partial charge in [0.25, 0.3) is 0 Å². The molecule has 1 heterocycles. The number of carbonyl (C=O) groups excluding carboxylic acids is 1. The summed E-state index contributed by atoms with van der Waals surface area (Å²) >= 11 is 0. The Labute approximate surface area is 190 Å². The van der Waals surface area contributed by atoms with Crippen molar-refractivity contribution in [3.8, 4) is 0 Å². The number of guanidine groups is 1. The zero-order valence-corrected chi connectivity index (χ0v) is 19.7. The number of amides is 1. The lowest BCUT2D eigenvalue weighted by Gasteiger charge is -2.14. The summed E-state index contributed by atoms with van der Waals surface area (Å²) in [6, 6.07) is 8.61. The summed E-state index contributed by atoms with van der Waals surface area (Å²) in [6.45, 7) is 4.34. The molecule has 0 unspecified atom stereocenters. The second kappa shape index (κ2) is 12.0. The molecule has 0 atom stereocenters. The van der Waals surface area contributed by atoms with E-state index < -0.39 is 0 Å². The minimum atomic E-state index is 0. The molecule has 0 bridgehead atoms. The van der Waals surface area contributed by atoms with Crippen LogP contribution in [0.15, 0.2) is 29.3 Å². The van der Waals surface area contributed by atoms with E-state index in [1.807, 2.05) is 25.1 Å². The number of hydrogen-bond acceptors (Lipinski definition) is 3. The molecule has 29 heavy (non-hydrogen) atoms. The molecular formula is C21H33IN6O. The van der Waals surface area contributed by atoms with E-state index in [4.69, 9.17) is 0 Å². The molecule has 1 aliphatic rings. The number of aromatic nitrogens is 2. The normalized spacial score (nSPS) is 14.6. The van der Waals surface area contributed by atoms with E-state index in [9.17, 15) is 4.79 Å². The van der Waals surface area contributed by atoms with Gasteiger partial charge in [-0.2, -0.15) is 0 Å². The van der Waals surface area contributed by atoms with Crippen LogP contribution in [0, 0.1) is 6.92 Å². The Balaban J connectivity index is 0.00000300. The van der Waals surface area contributed by atoms with Crippen molar-refractivity contribution >= 4 is 46.9 Å². The summed E-state index contributed by atoms with van der Waals surface area (Å²) in [7, 11) is 1.75. The number of nitrogens with zero attached hydrogens (tertiary/aromatic N) is 3. The number of aliphatic imine (C=N–C) groups is 1. The van der Waals surface area contributed by atoms with Crippen LogP contribution in [0.2, 0.25) is 0 Å². The smallest absolute Gasteiger partial charge is 0.221 e. The fourth-order valence-electron chi connectivity index (χ4n) is 3.81. The van der Waals surface area contributed by atoms with Crippen molar-refractivity contribution in [1.82, 2.24) is 25.5 Å². The summed E-state index contributed by atoms with van der Waals surface area (Å²) in [5.41, 5.74) is 2.22. The molecule has 7 nitrogen and oxygen atoms in total. The van der Waals surface area contributed by atoms with Gasteiger partial charge in [-0.25, -0.2) is 4.98 Å². The number of hydrogen-bond donors (Lipinski definition) is 3. The Morgan fingerprint density at radius 3 is 2.69 bits per heavy atom. The third-order valence-corrected chi connectivity index (χ3v) is 5.28. The summed E-state index contributed by atoms with van der Waals surface area (Å²) in [4.78, 5) is 20.8. The lowest BCUT2D eigenvalue weighted by molar-refractivity contribution is -0.121. The molecule has 160 valence electrons. The largest absolute Gasteiger partial charge is 0.356 e. The molecule has 0 saturated heterocycles. The van der Waals surface area contributed by atoms with Crippen molar-refractivity contribution < 1.29 is 4.79 Å². The van der Waals surface area contributed by atoms with Crippen LogP contribution in [0.4, 0.5) is 0 Å². The maximum Gasteiger partial charge on any atom is 0.221 e. The molecule has 3 rings (SSSR count). The van der Waals surface area contributed by atoms with Gasteiger partial charge in [-0.1, -0.05) is 25.0 Å². The molecule has 1 amide bonds. The topological polar surface area (TPSA) is 83.3 Å². The van der Waals surface area contributed by atoms with Gasteiger partial charge in [-0.3, -0.25) is 9.79 Å². The molecule has 1 fully saturated rings. The number of halogens is 1. The van der Waals surface area contributed by atoms with E-state index in [1.54, 1.807) is 7.05 Å². The minimum Gasteiger partial charge on any atom is -0.356 e. The average Bonchev–Trinajstić information content (AvgIpc) is 3.31. The van der Waals surface area contributed by atoms with Gasteiger partial charge in [-0.15, -0.1) is 24.0 Å². The number of benzene rings is 1. The standard InChI is InChI=1S/C21H32N6O.HI/c1-16-25-18-10-5-6-11-19(18)27(16)15-7-13-23-21(22-2)24-14-12-20(28)26-17-8-3-4-9-17;/h5-6,10-11,17H,3-4,7-9,12-15H2,1-2H3,(H,26,28)(H2,22,23,24);1H. The Morgan fingerprint density at radius 2 is 1.93 bits per heavy atom. The highest BCUT2D eigenvalue weighted by Crippen LogP contribution is 2.17. The van der Waals surface area contributed by atoms with Gasteiger partial charge < -0.3 is 20.5 Å². The van der Waals surface area contributed by atoms with Gasteiger partial charge in [0.05, 0.1) is 11.0 Å². The molecule has 0 aliphatic heterocycles. The minimum absolute atomic E-state index is 0. The monoisotopic (exact) mass is 512 g/mol. The van der Waals surface area contributed by atoms with Crippen molar-refractivity contribution in [3.63, 3.8) is 0 Å². The first kappa shape index (κ1) is 23.4. The van der Waals surface area contributed by atoms with Crippen molar-refractivity contribution in [2.75, 3.05) is 20.1 Å². The van der Waals surface area contributed by atoms with Crippen LogP contribution >= 0.6 is 24.0 Å². The zero-order chi connectivity index (χ0) is 19.8. The highest BCUT2D eigenvalue weighted by molar-refractivity contribution is 14.0. The molecule has 1 aliphatic carbocycles. The number of para-hydroxylation sites is 2. The number of fused-ring (bicyclic) bond motifs is 1. The van der Waals surface area contributed by atoms with Crippen LogP contribution in [-0.4, -0.2) is 47.6 Å². The molecule has 2 aromatic rings. The number of imidazole rings is 1. The van der Waals surface area contributed by atoms with Crippen LogP contribution in [0.1, 0.15) is 44.3 Å². The van der Waals surface area contributed by atoms with E-state index >= 15 is 0 Å². The summed E-state index contributed by atoms with van der Waals surface area (Å²) in [5.74, 6) is 1.90. The average molecular weight is 512 g/mol. The fourth-order valence-corrected chi connectivity index (χ4v) is 3.81. The maximum atomic E-state index is 12.0. The van der Waals surface area contributed by atoms with Crippen LogP contribution in [0.3, 0.4) is 0 Å². The second-order valence-electron chi connectivity index (χ2n) is 7.38. The Hall–Kier alpha value is -1.84. The van der Waals surface area contributed by atoms with E-state index in [2.05, 4.69) is 36.6 Å². The van der Waals surface area contributed by atoms with Gasteiger partial charge in [0, 0.05) is 39.1 Å². The predicted molar refractivity (Wildman–Crippen MR) is 129 cm³/mol. The van der Waals surface area contributed by atoms with Crippen molar-refractivity contribution in [1.29, 1.82) is 0 Å². The van der Waals surface area contributed by atoms with E-state index in [1.165, 1.54) is 18.4 Å². The molecule has 3 N–H and O–H groups in total. The lowest BCUT2D eigenvalue weighted by atomic mass is 10.2. The molecule has 1 aromatic heterocycles. The van der Waals surface area contributed by atoms with Crippen molar-refractivity contribution in [2.45, 2.75) is 58.0 Å². The van der Waals surface area contributed by atoms with E-state index in [-0.39, 0.29) is 29.9 Å². The van der Waals surface area contributed by atoms with Gasteiger partial charge in [0.2, 0.25) is 5.91 Å². The van der Waals surface area contributed by atoms with Crippen LogP contribution in [0.25, 0.3) is 11.0 Å². The fraction of sp³-hybridized carbons (Fsp3) is 0.571. The number of carbonyl (C=O) groups is 1. The predicted octanol–water partition coefficient (Wildman–Crippen LogP) is 2.97. The van der Waals surface area contributed by atoms with Crippen LogP contribution in [-0.2, 0) is 11.3 Å². The Bertz CT molecular complexity index is 813. The summed E-state index contributed by atoms with van der Waals surface area (Å²) in [5, 5.41) is 9.65. The van der Waals surface area contributed by atoms with E-state index in [0.29, 0.717) is 19.0 Å². The number of aryl methyl sites for hydroxylation is 2. The maximum absolute atomic E-state index is 12.0. The number of rotatable bonds is 8. The summed E-state index contributed by atoms with van der Waals surface area (Å²) < 4.78 is 2.25. The van der Waals surface area contributed by atoms with E-state index in [0.717, 1.165) is 49.7 Å².